The first kappa shape index (κ1) is 16.4. The Labute approximate surface area is 130 Å². The molecule has 1 saturated heterocycles. The summed E-state index contributed by atoms with van der Waals surface area (Å²) in [6.45, 7) is 3.88. The molecule has 22 heavy (non-hydrogen) atoms. The molecule has 1 N–H and O–H groups in total. The number of nitrogens with zero attached hydrogens (tertiary/aromatic N) is 2. The highest BCUT2D eigenvalue weighted by molar-refractivity contribution is 5.94. The molecule has 0 unspecified atom stereocenters. The van der Waals surface area contributed by atoms with Gasteiger partial charge >= 0.3 is 5.97 Å². The van der Waals surface area contributed by atoms with Crippen LogP contribution >= 0.6 is 0 Å². The van der Waals surface area contributed by atoms with E-state index in [0.29, 0.717) is 18.2 Å². The number of ether oxygens (including phenoxy) is 1. The summed E-state index contributed by atoms with van der Waals surface area (Å²) in [4.78, 5) is 29.1. The Morgan fingerprint density at radius 2 is 2.05 bits per heavy atom. The van der Waals surface area contributed by atoms with Crippen molar-refractivity contribution >= 4 is 11.9 Å². The lowest BCUT2D eigenvalue weighted by Gasteiger charge is -2.24. The van der Waals surface area contributed by atoms with E-state index in [0.717, 1.165) is 32.5 Å². The summed E-state index contributed by atoms with van der Waals surface area (Å²) in [6, 6.07) is 2.91. The monoisotopic (exact) mass is 306 g/mol. The molecule has 120 valence electrons. The summed E-state index contributed by atoms with van der Waals surface area (Å²) in [5.41, 5.74) is 0.773. The molecule has 0 bridgehead atoms. The zero-order valence-electron chi connectivity index (χ0n) is 13.0. The van der Waals surface area contributed by atoms with Crippen molar-refractivity contribution in [2.45, 2.75) is 26.2 Å². The van der Waals surface area contributed by atoms with Gasteiger partial charge in [0.15, 0.2) is 0 Å². The Morgan fingerprint density at radius 1 is 1.36 bits per heavy atom. The van der Waals surface area contributed by atoms with Crippen molar-refractivity contribution in [1.29, 1.82) is 0 Å². The number of aryl methyl sites for hydroxylation is 1. The van der Waals surface area contributed by atoms with Gasteiger partial charge in [0, 0.05) is 26.8 Å². The number of pyridine rings is 1. The Hall–Kier alpha value is -1.95. The zero-order chi connectivity index (χ0) is 16.1. The highest BCUT2D eigenvalue weighted by Gasteiger charge is 2.19. The second-order valence-electron chi connectivity index (χ2n) is 5.71. The Bertz CT molecular complexity index is 553. The van der Waals surface area contributed by atoms with E-state index in [1.807, 2.05) is 0 Å². The largest absolute Gasteiger partial charge is 0.478 e. The van der Waals surface area contributed by atoms with Crippen molar-refractivity contribution in [3.63, 3.8) is 0 Å². The van der Waals surface area contributed by atoms with Gasteiger partial charge in [-0.3, -0.25) is 4.79 Å². The minimum absolute atomic E-state index is 0.126. The predicted molar refractivity (Wildman–Crippen MR) is 81.1 cm³/mol. The number of hydrogen-bond acceptors (Lipinski definition) is 4. The van der Waals surface area contributed by atoms with Gasteiger partial charge in [0.25, 0.3) is 5.91 Å². The van der Waals surface area contributed by atoms with Crippen molar-refractivity contribution in [2.75, 3.05) is 26.8 Å². The summed E-state index contributed by atoms with van der Waals surface area (Å²) in [7, 11) is 1.75. The lowest BCUT2D eigenvalue weighted by atomic mass is 9.96. The van der Waals surface area contributed by atoms with Crippen LogP contribution in [0.3, 0.4) is 0 Å². The first-order valence-electron chi connectivity index (χ1n) is 7.53. The molecular formula is C16H22N2O4. The van der Waals surface area contributed by atoms with Crippen molar-refractivity contribution in [3.8, 4) is 0 Å². The lowest BCUT2D eigenvalue weighted by Crippen LogP contribution is -2.30. The molecule has 2 heterocycles. The van der Waals surface area contributed by atoms with Gasteiger partial charge in [-0.15, -0.1) is 0 Å². The molecule has 2 rings (SSSR count). The zero-order valence-corrected chi connectivity index (χ0v) is 13.0. The van der Waals surface area contributed by atoms with Crippen LogP contribution in [0.1, 0.15) is 45.8 Å². The topological polar surface area (TPSA) is 79.7 Å². The standard InChI is InChI=1S/C16H22N2O4/c1-11-13(16(20)21)3-4-14(17-11)15(19)18(2)8-5-12-6-9-22-10-7-12/h3-4,12H,5-10H2,1-2H3,(H,20,21). The van der Waals surface area contributed by atoms with Crippen molar-refractivity contribution in [1.82, 2.24) is 9.88 Å². The summed E-state index contributed by atoms with van der Waals surface area (Å²) in [5.74, 6) is -0.600. The van der Waals surface area contributed by atoms with E-state index in [9.17, 15) is 9.59 Å². The maximum Gasteiger partial charge on any atom is 0.337 e. The van der Waals surface area contributed by atoms with E-state index >= 15 is 0 Å². The molecule has 0 aliphatic carbocycles. The van der Waals surface area contributed by atoms with Crippen LogP contribution in [-0.2, 0) is 4.74 Å². The maximum absolute atomic E-state index is 12.3. The second kappa shape index (κ2) is 7.35. The van der Waals surface area contributed by atoms with Crippen LogP contribution in [-0.4, -0.2) is 53.7 Å². The van der Waals surface area contributed by atoms with Crippen LogP contribution in [0.15, 0.2) is 12.1 Å². The number of carbonyl (C=O) groups is 2. The van der Waals surface area contributed by atoms with E-state index in [1.165, 1.54) is 12.1 Å². The molecule has 1 fully saturated rings. The minimum atomic E-state index is -1.03. The summed E-state index contributed by atoms with van der Waals surface area (Å²) >= 11 is 0. The summed E-state index contributed by atoms with van der Waals surface area (Å²) < 4.78 is 5.33. The molecule has 0 saturated carbocycles. The average molecular weight is 306 g/mol. The molecule has 1 aromatic rings. The van der Waals surface area contributed by atoms with Crippen LogP contribution in [0.25, 0.3) is 0 Å². The Balaban J connectivity index is 1.95. The highest BCUT2D eigenvalue weighted by atomic mass is 16.5. The number of carboxylic acids is 1. The number of aromatic nitrogens is 1. The van der Waals surface area contributed by atoms with Crippen molar-refractivity contribution in [2.24, 2.45) is 5.92 Å². The van der Waals surface area contributed by atoms with Crippen LogP contribution in [0, 0.1) is 12.8 Å². The number of carbonyl (C=O) groups excluding carboxylic acids is 1. The Kier molecular flexibility index (Phi) is 5.49. The van der Waals surface area contributed by atoms with E-state index < -0.39 is 5.97 Å². The quantitative estimate of drug-likeness (QED) is 0.899. The van der Waals surface area contributed by atoms with Gasteiger partial charge < -0.3 is 14.7 Å². The van der Waals surface area contributed by atoms with E-state index in [-0.39, 0.29) is 17.2 Å². The maximum atomic E-state index is 12.3. The molecule has 1 aliphatic heterocycles. The molecule has 0 atom stereocenters. The first-order chi connectivity index (χ1) is 10.5. The fourth-order valence-corrected chi connectivity index (χ4v) is 2.61. The molecule has 0 aromatic carbocycles. The Morgan fingerprint density at radius 3 is 2.64 bits per heavy atom. The minimum Gasteiger partial charge on any atom is -0.478 e. The number of rotatable bonds is 5. The van der Waals surface area contributed by atoms with E-state index in [1.54, 1.807) is 18.9 Å². The fourth-order valence-electron chi connectivity index (χ4n) is 2.61. The SMILES string of the molecule is Cc1nc(C(=O)N(C)CCC2CCOCC2)ccc1C(=O)O. The number of carboxylic acid groups (broad SMARTS) is 1. The van der Waals surface area contributed by atoms with Gasteiger partial charge in [0.2, 0.25) is 0 Å². The molecule has 0 radical (unpaired) electrons. The molecule has 1 aromatic heterocycles. The molecule has 0 spiro atoms. The van der Waals surface area contributed by atoms with Gasteiger partial charge in [0.1, 0.15) is 5.69 Å². The summed E-state index contributed by atoms with van der Waals surface area (Å²) in [5, 5.41) is 8.99. The van der Waals surface area contributed by atoms with Gasteiger partial charge in [0.05, 0.1) is 11.3 Å². The van der Waals surface area contributed by atoms with Crippen LogP contribution < -0.4 is 0 Å². The second-order valence-corrected chi connectivity index (χ2v) is 5.71. The normalized spacial score (nSPS) is 15.5. The highest BCUT2D eigenvalue weighted by Crippen LogP contribution is 2.19. The smallest absolute Gasteiger partial charge is 0.337 e. The van der Waals surface area contributed by atoms with Crippen molar-refractivity contribution < 1.29 is 19.4 Å². The molecule has 6 heteroatoms. The van der Waals surface area contributed by atoms with Gasteiger partial charge in [-0.25, -0.2) is 9.78 Å². The number of amides is 1. The van der Waals surface area contributed by atoms with E-state index in [4.69, 9.17) is 9.84 Å². The third kappa shape index (κ3) is 4.04. The van der Waals surface area contributed by atoms with Crippen LogP contribution in [0.2, 0.25) is 0 Å². The van der Waals surface area contributed by atoms with Crippen LogP contribution in [0.4, 0.5) is 0 Å². The average Bonchev–Trinajstić information content (AvgIpc) is 2.52. The van der Waals surface area contributed by atoms with E-state index in [2.05, 4.69) is 4.98 Å². The predicted octanol–water partition coefficient (Wildman–Crippen LogP) is 1.98. The molecular weight excluding hydrogens is 284 g/mol. The number of aromatic carboxylic acids is 1. The van der Waals surface area contributed by atoms with Crippen LogP contribution in [0.5, 0.6) is 0 Å². The molecule has 1 aliphatic rings. The number of hydrogen-bond donors (Lipinski definition) is 1. The summed E-state index contributed by atoms with van der Waals surface area (Å²) in [6.07, 6.45) is 3.05. The third-order valence-corrected chi connectivity index (χ3v) is 4.10. The molecule has 6 nitrogen and oxygen atoms in total. The van der Waals surface area contributed by atoms with Crippen molar-refractivity contribution in [3.05, 3.63) is 29.1 Å². The first-order valence-corrected chi connectivity index (χ1v) is 7.53. The fraction of sp³-hybridized carbons (Fsp3) is 0.562. The molecule has 1 amide bonds. The van der Waals surface area contributed by atoms with Gasteiger partial charge in [-0.1, -0.05) is 0 Å². The van der Waals surface area contributed by atoms with Gasteiger partial charge in [-0.2, -0.15) is 0 Å². The van der Waals surface area contributed by atoms with Gasteiger partial charge in [-0.05, 0) is 44.2 Å². The third-order valence-electron chi connectivity index (χ3n) is 4.10. The lowest BCUT2D eigenvalue weighted by molar-refractivity contribution is 0.0581.